The van der Waals surface area contributed by atoms with Crippen LogP contribution in [0.4, 0.5) is 0 Å². The largest absolute Gasteiger partial charge is 0.477 e. The Labute approximate surface area is 71.1 Å². The molecule has 12 heavy (non-hydrogen) atoms. The van der Waals surface area contributed by atoms with Gasteiger partial charge in [-0.2, -0.15) is 0 Å². The van der Waals surface area contributed by atoms with Gasteiger partial charge in [0.25, 0.3) is 0 Å². The Bertz CT molecular complexity index is 188. The number of carboxylic acids is 1. The van der Waals surface area contributed by atoms with Gasteiger partial charge in [0.05, 0.1) is 21.2 Å². The number of aliphatic carboxylic acids is 1. The molecule has 5 heteroatoms. The summed E-state index contributed by atoms with van der Waals surface area (Å²) in [6.45, 7) is -0.0160. The Hall–Kier alpha value is -1.10. The molecule has 0 atom stereocenters. The molecule has 0 aliphatic carbocycles. The van der Waals surface area contributed by atoms with Crippen molar-refractivity contribution in [2.24, 2.45) is 0 Å². The number of quaternary nitrogens is 1. The minimum Gasteiger partial charge on any atom is -0.477 e. The number of esters is 1. The van der Waals surface area contributed by atoms with E-state index >= 15 is 0 Å². The quantitative estimate of drug-likeness (QED) is 0.455. The number of carbonyl (C=O) groups excluding carboxylic acids is 1. The molecule has 0 radical (unpaired) electrons. The van der Waals surface area contributed by atoms with E-state index in [1.807, 2.05) is 0 Å². The van der Waals surface area contributed by atoms with E-state index in [0.717, 1.165) is 0 Å². The van der Waals surface area contributed by atoms with Crippen LogP contribution in [0, 0.1) is 0 Å². The van der Waals surface area contributed by atoms with Gasteiger partial charge in [-0.25, -0.2) is 9.59 Å². The first-order valence-corrected chi connectivity index (χ1v) is 3.48. The summed E-state index contributed by atoms with van der Waals surface area (Å²) in [5, 5.41) is 8.47. The van der Waals surface area contributed by atoms with E-state index in [1.165, 1.54) is 7.11 Å². The summed E-state index contributed by atoms with van der Waals surface area (Å²) < 4.78 is 4.52. The number of nitrogens with zero attached hydrogens (tertiary/aromatic N) is 1. The summed E-state index contributed by atoms with van der Waals surface area (Å²) in [7, 11) is 4.60. The van der Waals surface area contributed by atoms with Gasteiger partial charge in [0.15, 0.2) is 13.1 Å². The van der Waals surface area contributed by atoms with Crippen LogP contribution in [0.1, 0.15) is 0 Å². The summed E-state index contributed by atoms with van der Waals surface area (Å²) in [6, 6.07) is 0. The number of carboxylic acid groups (broad SMARTS) is 1. The van der Waals surface area contributed by atoms with Gasteiger partial charge < -0.3 is 14.3 Å². The molecule has 1 N–H and O–H groups in total. The number of rotatable bonds is 4. The predicted octanol–water partition coefficient (Wildman–Crippen LogP) is -0.680. The van der Waals surface area contributed by atoms with Crippen molar-refractivity contribution in [1.82, 2.24) is 0 Å². The molecular weight excluding hydrogens is 162 g/mol. The zero-order chi connectivity index (χ0) is 9.78. The highest BCUT2D eigenvalue weighted by Gasteiger charge is 2.23. The minimum atomic E-state index is -0.927. The van der Waals surface area contributed by atoms with Crippen molar-refractivity contribution >= 4 is 11.9 Å². The molecule has 0 bridgehead atoms. The zero-order valence-electron chi connectivity index (χ0n) is 7.53. The lowest BCUT2D eigenvalue weighted by Crippen LogP contribution is -2.47. The molecule has 5 nitrogen and oxygen atoms in total. The highest BCUT2D eigenvalue weighted by atomic mass is 16.5. The number of methoxy groups -OCH3 is 1. The van der Waals surface area contributed by atoms with Gasteiger partial charge in [0, 0.05) is 0 Å². The summed E-state index contributed by atoms with van der Waals surface area (Å²) in [6.07, 6.45) is 0. The lowest BCUT2D eigenvalue weighted by atomic mass is 10.4. The highest BCUT2D eigenvalue weighted by molar-refractivity contribution is 5.71. The topological polar surface area (TPSA) is 63.6 Å². The van der Waals surface area contributed by atoms with Crippen LogP contribution >= 0.6 is 0 Å². The molecule has 0 aromatic heterocycles. The Morgan fingerprint density at radius 2 is 1.83 bits per heavy atom. The van der Waals surface area contributed by atoms with Crippen LogP contribution in [-0.2, 0) is 14.3 Å². The molecule has 0 rings (SSSR count). The molecule has 0 heterocycles. The van der Waals surface area contributed by atoms with Crippen molar-refractivity contribution in [2.45, 2.75) is 0 Å². The van der Waals surface area contributed by atoms with Gasteiger partial charge in [0.2, 0.25) is 0 Å². The van der Waals surface area contributed by atoms with E-state index < -0.39 is 11.9 Å². The number of likely N-dealkylation sites (N-methyl/N-ethyl adjacent to an activating group) is 1. The molecule has 0 aromatic rings. The third-order valence-corrected chi connectivity index (χ3v) is 1.35. The first-order chi connectivity index (χ1) is 5.37. The molecule has 0 saturated heterocycles. The monoisotopic (exact) mass is 176 g/mol. The molecule has 0 fully saturated rings. The lowest BCUT2D eigenvalue weighted by molar-refractivity contribution is -0.875. The summed E-state index contributed by atoms with van der Waals surface area (Å²) in [5.74, 6) is -1.33. The summed E-state index contributed by atoms with van der Waals surface area (Å²) in [4.78, 5) is 21.1. The average Bonchev–Trinajstić information content (AvgIpc) is 1.83. The van der Waals surface area contributed by atoms with Crippen LogP contribution in [0.25, 0.3) is 0 Å². The second-order valence-corrected chi connectivity index (χ2v) is 3.22. The minimum absolute atomic E-state index is 0.0722. The van der Waals surface area contributed by atoms with Crippen LogP contribution in [0.2, 0.25) is 0 Å². The van der Waals surface area contributed by atoms with Crippen molar-refractivity contribution in [3.63, 3.8) is 0 Å². The molecule has 0 amide bonds. The van der Waals surface area contributed by atoms with E-state index in [-0.39, 0.29) is 17.6 Å². The highest BCUT2D eigenvalue weighted by Crippen LogP contribution is 1.96. The van der Waals surface area contributed by atoms with Crippen LogP contribution in [0.15, 0.2) is 0 Å². The molecule has 70 valence electrons. The SMILES string of the molecule is COC(=O)C[N+](C)(C)CC(=O)O. The van der Waals surface area contributed by atoms with E-state index in [1.54, 1.807) is 14.1 Å². The fraction of sp³-hybridized carbons (Fsp3) is 0.714. The molecular formula is C7H14NO4+. The Morgan fingerprint density at radius 1 is 1.33 bits per heavy atom. The summed E-state index contributed by atoms with van der Waals surface area (Å²) in [5.41, 5.74) is 0. The van der Waals surface area contributed by atoms with Crippen molar-refractivity contribution in [3.05, 3.63) is 0 Å². The van der Waals surface area contributed by atoms with Gasteiger partial charge in [0.1, 0.15) is 0 Å². The standard InChI is InChI=1S/C7H13NO4/c1-8(2,4-6(9)10)5-7(11)12-3/h4-5H2,1-3H3/p+1. The molecule has 0 saturated carbocycles. The first kappa shape index (κ1) is 10.9. The zero-order valence-corrected chi connectivity index (χ0v) is 7.53. The van der Waals surface area contributed by atoms with Gasteiger partial charge in [-0.1, -0.05) is 0 Å². The number of ether oxygens (including phenoxy) is 1. The van der Waals surface area contributed by atoms with E-state index in [4.69, 9.17) is 5.11 Å². The third kappa shape index (κ3) is 4.68. The second kappa shape index (κ2) is 4.06. The van der Waals surface area contributed by atoms with E-state index in [2.05, 4.69) is 4.74 Å². The van der Waals surface area contributed by atoms with Crippen molar-refractivity contribution in [2.75, 3.05) is 34.3 Å². The smallest absolute Gasteiger partial charge is 0.361 e. The normalized spacial score (nSPS) is 10.9. The van der Waals surface area contributed by atoms with Gasteiger partial charge >= 0.3 is 11.9 Å². The Kier molecular flexibility index (Phi) is 3.69. The van der Waals surface area contributed by atoms with Crippen LogP contribution in [0.5, 0.6) is 0 Å². The molecule has 0 unspecified atom stereocenters. The van der Waals surface area contributed by atoms with Crippen molar-refractivity contribution in [3.8, 4) is 0 Å². The maximum absolute atomic E-state index is 10.8. The maximum Gasteiger partial charge on any atom is 0.361 e. The van der Waals surface area contributed by atoms with Gasteiger partial charge in [-0.3, -0.25) is 0 Å². The first-order valence-electron chi connectivity index (χ1n) is 3.48. The fourth-order valence-electron chi connectivity index (χ4n) is 0.836. The number of carbonyl (C=O) groups is 2. The molecule has 0 aliphatic heterocycles. The van der Waals surface area contributed by atoms with Gasteiger partial charge in [-0.05, 0) is 0 Å². The summed E-state index contributed by atoms with van der Waals surface area (Å²) >= 11 is 0. The second-order valence-electron chi connectivity index (χ2n) is 3.22. The van der Waals surface area contributed by atoms with E-state index in [0.29, 0.717) is 0 Å². The molecule has 0 aliphatic rings. The third-order valence-electron chi connectivity index (χ3n) is 1.35. The Morgan fingerprint density at radius 3 is 2.17 bits per heavy atom. The van der Waals surface area contributed by atoms with Crippen molar-refractivity contribution in [1.29, 1.82) is 0 Å². The fourth-order valence-corrected chi connectivity index (χ4v) is 0.836. The lowest BCUT2D eigenvalue weighted by Gasteiger charge is -2.25. The molecule has 0 spiro atoms. The Balaban J connectivity index is 4.03. The number of hydrogen-bond acceptors (Lipinski definition) is 3. The maximum atomic E-state index is 10.8. The predicted molar refractivity (Wildman–Crippen MR) is 41.5 cm³/mol. The van der Waals surface area contributed by atoms with Crippen LogP contribution < -0.4 is 0 Å². The molecule has 0 aromatic carbocycles. The van der Waals surface area contributed by atoms with Crippen molar-refractivity contribution < 1.29 is 23.9 Å². The number of hydrogen-bond donors (Lipinski definition) is 1. The van der Waals surface area contributed by atoms with Crippen LogP contribution in [0.3, 0.4) is 0 Å². The average molecular weight is 176 g/mol. The van der Waals surface area contributed by atoms with E-state index in [9.17, 15) is 9.59 Å². The van der Waals surface area contributed by atoms with Crippen LogP contribution in [-0.4, -0.2) is 55.8 Å². The van der Waals surface area contributed by atoms with Gasteiger partial charge in [-0.15, -0.1) is 0 Å².